The number of aromatic nitrogens is 1. The standard InChI is InChI=1S/C27H21NO2/c1-17-6-8-19(9-7-17)24-15-23(20-11-13-25-26(14-20)30-16-29-25)22-12-10-18-4-2-3-5-21(18)27(22)28-24/h2-9,11,13-15H,10,12,16H2,1H3. The van der Waals surface area contributed by atoms with Crippen LogP contribution in [0.25, 0.3) is 33.6 Å². The molecule has 3 aromatic carbocycles. The molecule has 0 atom stereocenters. The third-order valence-corrected chi connectivity index (χ3v) is 6.07. The van der Waals surface area contributed by atoms with Crippen LogP contribution < -0.4 is 9.47 Å². The van der Waals surface area contributed by atoms with Crippen molar-refractivity contribution in [2.45, 2.75) is 19.8 Å². The molecule has 6 rings (SSSR count). The van der Waals surface area contributed by atoms with Gasteiger partial charge in [0.05, 0.1) is 11.4 Å². The molecule has 30 heavy (non-hydrogen) atoms. The molecule has 1 aliphatic heterocycles. The number of rotatable bonds is 2. The normalized spacial score (nSPS) is 13.6. The van der Waals surface area contributed by atoms with Gasteiger partial charge in [0, 0.05) is 11.1 Å². The van der Waals surface area contributed by atoms with Crippen molar-refractivity contribution in [2.75, 3.05) is 6.79 Å². The molecule has 0 unspecified atom stereocenters. The maximum Gasteiger partial charge on any atom is 0.231 e. The lowest BCUT2D eigenvalue weighted by molar-refractivity contribution is 0.174. The number of nitrogens with zero attached hydrogens (tertiary/aromatic N) is 1. The summed E-state index contributed by atoms with van der Waals surface area (Å²) in [5.41, 5.74) is 10.8. The van der Waals surface area contributed by atoms with Gasteiger partial charge in [0.1, 0.15) is 0 Å². The third-order valence-electron chi connectivity index (χ3n) is 6.07. The monoisotopic (exact) mass is 391 g/mol. The molecular formula is C27H21NO2. The van der Waals surface area contributed by atoms with E-state index in [4.69, 9.17) is 14.5 Å². The van der Waals surface area contributed by atoms with Crippen molar-refractivity contribution in [3.63, 3.8) is 0 Å². The summed E-state index contributed by atoms with van der Waals surface area (Å²) < 4.78 is 11.2. The number of pyridine rings is 1. The predicted molar refractivity (Wildman–Crippen MR) is 119 cm³/mol. The highest BCUT2D eigenvalue weighted by Crippen LogP contribution is 2.42. The minimum absolute atomic E-state index is 0.287. The van der Waals surface area contributed by atoms with Gasteiger partial charge in [-0.1, -0.05) is 60.2 Å². The molecule has 0 fully saturated rings. The Morgan fingerprint density at radius 3 is 2.43 bits per heavy atom. The van der Waals surface area contributed by atoms with Gasteiger partial charge in [0.15, 0.2) is 11.5 Å². The van der Waals surface area contributed by atoms with E-state index >= 15 is 0 Å². The van der Waals surface area contributed by atoms with Gasteiger partial charge in [-0.25, -0.2) is 4.98 Å². The largest absolute Gasteiger partial charge is 0.454 e. The lowest BCUT2D eigenvalue weighted by Crippen LogP contribution is -2.08. The van der Waals surface area contributed by atoms with Crippen molar-refractivity contribution < 1.29 is 9.47 Å². The number of aryl methyl sites for hydroxylation is 2. The minimum atomic E-state index is 0.287. The SMILES string of the molecule is Cc1ccc(-c2cc(-c3ccc4c(c3)OCO4)c3c(n2)-c2ccccc2CC3)cc1. The van der Waals surface area contributed by atoms with Gasteiger partial charge in [-0.05, 0) is 60.2 Å². The minimum Gasteiger partial charge on any atom is -0.454 e. The van der Waals surface area contributed by atoms with Crippen molar-refractivity contribution in [3.05, 3.63) is 89.5 Å². The summed E-state index contributed by atoms with van der Waals surface area (Å²) in [5.74, 6) is 1.62. The third kappa shape index (κ3) is 2.78. The number of benzene rings is 3. The molecule has 1 aliphatic carbocycles. The molecule has 0 radical (unpaired) electrons. The maximum atomic E-state index is 5.65. The Labute approximate surface area is 175 Å². The van der Waals surface area contributed by atoms with Crippen LogP contribution >= 0.6 is 0 Å². The van der Waals surface area contributed by atoms with Crippen molar-refractivity contribution in [1.82, 2.24) is 4.98 Å². The Kier molecular flexibility index (Phi) is 3.88. The van der Waals surface area contributed by atoms with Crippen LogP contribution in [0.1, 0.15) is 16.7 Å². The first kappa shape index (κ1) is 17.3. The van der Waals surface area contributed by atoms with Crippen LogP contribution in [0.3, 0.4) is 0 Å². The second-order valence-electron chi connectivity index (χ2n) is 7.97. The summed E-state index contributed by atoms with van der Waals surface area (Å²) in [4.78, 5) is 5.16. The first-order chi connectivity index (χ1) is 14.8. The molecule has 0 saturated carbocycles. The number of hydrogen-bond donors (Lipinski definition) is 0. The van der Waals surface area contributed by atoms with E-state index < -0.39 is 0 Å². The molecule has 1 aromatic heterocycles. The number of ether oxygens (including phenoxy) is 2. The molecular weight excluding hydrogens is 370 g/mol. The second kappa shape index (κ2) is 6.74. The summed E-state index contributed by atoms with van der Waals surface area (Å²) in [5, 5.41) is 0. The summed E-state index contributed by atoms with van der Waals surface area (Å²) in [6, 6.07) is 25.7. The number of fused-ring (bicyclic) bond motifs is 4. The Morgan fingerprint density at radius 2 is 1.53 bits per heavy atom. The Balaban J connectivity index is 1.60. The van der Waals surface area contributed by atoms with E-state index in [1.54, 1.807) is 0 Å². The zero-order chi connectivity index (χ0) is 20.1. The molecule has 0 amide bonds. The van der Waals surface area contributed by atoms with E-state index in [-0.39, 0.29) is 6.79 Å². The highest BCUT2D eigenvalue weighted by Gasteiger charge is 2.23. The first-order valence-electron chi connectivity index (χ1n) is 10.4. The molecule has 3 heteroatoms. The molecule has 2 aliphatic rings. The van der Waals surface area contributed by atoms with Gasteiger partial charge in [-0.3, -0.25) is 0 Å². The fourth-order valence-corrected chi connectivity index (χ4v) is 4.47. The van der Waals surface area contributed by atoms with Gasteiger partial charge in [-0.15, -0.1) is 0 Å². The second-order valence-corrected chi connectivity index (χ2v) is 7.97. The zero-order valence-electron chi connectivity index (χ0n) is 16.8. The van der Waals surface area contributed by atoms with Crippen LogP contribution in [0, 0.1) is 6.92 Å². The van der Waals surface area contributed by atoms with E-state index in [1.165, 1.54) is 27.8 Å². The van der Waals surface area contributed by atoms with Gasteiger partial charge in [0.2, 0.25) is 6.79 Å². The van der Waals surface area contributed by atoms with Crippen LogP contribution in [-0.2, 0) is 12.8 Å². The first-order valence-corrected chi connectivity index (χ1v) is 10.4. The smallest absolute Gasteiger partial charge is 0.231 e. The molecule has 3 nitrogen and oxygen atoms in total. The van der Waals surface area contributed by atoms with Crippen molar-refractivity contribution in [2.24, 2.45) is 0 Å². The Morgan fingerprint density at radius 1 is 0.733 bits per heavy atom. The molecule has 4 aromatic rings. The maximum absolute atomic E-state index is 5.65. The van der Waals surface area contributed by atoms with Crippen LogP contribution in [0.2, 0.25) is 0 Å². The summed E-state index contributed by atoms with van der Waals surface area (Å²) in [6.45, 7) is 2.40. The average molecular weight is 391 g/mol. The van der Waals surface area contributed by atoms with Crippen molar-refractivity contribution >= 4 is 0 Å². The molecule has 2 heterocycles. The van der Waals surface area contributed by atoms with E-state index in [1.807, 2.05) is 6.07 Å². The molecule has 0 spiro atoms. The molecule has 146 valence electrons. The van der Waals surface area contributed by atoms with Gasteiger partial charge >= 0.3 is 0 Å². The lowest BCUT2D eigenvalue weighted by atomic mass is 9.84. The van der Waals surface area contributed by atoms with Gasteiger partial charge in [-0.2, -0.15) is 0 Å². The predicted octanol–water partition coefficient (Wildman–Crippen LogP) is 6.22. The number of hydrogen-bond acceptors (Lipinski definition) is 3. The van der Waals surface area contributed by atoms with E-state index in [0.717, 1.165) is 46.9 Å². The van der Waals surface area contributed by atoms with Crippen LogP contribution in [0.15, 0.2) is 72.8 Å². The quantitative estimate of drug-likeness (QED) is 0.407. The van der Waals surface area contributed by atoms with E-state index in [9.17, 15) is 0 Å². The summed E-state index contributed by atoms with van der Waals surface area (Å²) in [6.07, 6.45) is 2.02. The summed E-state index contributed by atoms with van der Waals surface area (Å²) in [7, 11) is 0. The Bertz CT molecular complexity index is 1270. The van der Waals surface area contributed by atoms with Crippen molar-refractivity contribution in [1.29, 1.82) is 0 Å². The molecule has 0 saturated heterocycles. The fourth-order valence-electron chi connectivity index (χ4n) is 4.47. The van der Waals surface area contributed by atoms with Gasteiger partial charge in [0.25, 0.3) is 0 Å². The highest BCUT2D eigenvalue weighted by molar-refractivity contribution is 5.84. The van der Waals surface area contributed by atoms with Gasteiger partial charge < -0.3 is 9.47 Å². The highest BCUT2D eigenvalue weighted by atomic mass is 16.7. The van der Waals surface area contributed by atoms with Crippen LogP contribution in [-0.4, -0.2) is 11.8 Å². The average Bonchev–Trinajstić information content (AvgIpc) is 3.26. The van der Waals surface area contributed by atoms with E-state index in [0.29, 0.717) is 0 Å². The topological polar surface area (TPSA) is 31.4 Å². The van der Waals surface area contributed by atoms with Crippen LogP contribution in [0.4, 0.5) is 0 Å². The van der Waals surface area contributed by atoms with Crippen molar-refractivity contribution in [3.8, 4) is 45.1 Å². The Hall–Kier alpha value is -3.59. The lowest BCUT2D eigenvalue weighted by Gasteiger charge is -2.23. The summed E-state index contributed by atoms with van der Waals surface area (Å²) >= 11 is 0. The zero-order valence-corrected chi connectivity index (χ0v) is 16.8. The fraction of sp³-hybridized carbons (Fsp3) is 0.148. The van der Waals surface area contributed by atoms with Crippen LogP contribution in [0.5, 0.6) is 11.5 Å². The molecule has 0 bridgehead atoms. The molecule has 0 N–H and O–H groups in total. The van der Waals surface area contributed by atoms with E-state index in [2.05, 4.69) is 73.7 Å².